The molecule has 11 nitrogen and oxygen atoms in total. The molecule has 2 heterocycles. The summed E-state index contributed by atoms with van der Waals surface area (Å²) in [6.45, 7) is 0.0987. The highest BCUT2D eigenvalue weighted by Crippen LogP contribution is 2.23. The lowest BCUT2D eigenvalue weighted by Gasteiger charge is -2.15. The van der Waals surface area contributed by atoms with Crippen molar-refractivity contribution in [3.63, 3.8) is 0 Å². The van der Waals surface area contributed by atoms with E-state index in [1.54, 1.807) is 18.5 Å². The normalized spacial score (nSPS) is 11.5. The van der Waals surface area contributed by atoms with Crippen LogP contribution in [-0.2, 0) is 21.2 Å². The molecular formula is C21H25N5O6S. The minimum atomic E-state index is -3.74. The third-order valence-electron chi connectivity index (χ3n) is 4.57. The largest absolute Gasteiger partial charge is 0.462 e. The average Bonchev–Trinajstić information content (AvgIpc) is 3.29. The van der Waals surface area contributed by atoms with Crippen molar-refractivity contribution in [1.29, 1.82) is 0 Å². The molecule has 0 spiro atoms. The van der Waals surface area contributed by atoms with Crippen LogP contribution in [-0.4, -0.2) is 72.8 Å². The van der Waals surface area contributed by atoms with Crippen LogP contribution in [0.1, 0.15) is 22.7 Å². The summed E-state index contributed by atoms with van der Waals surface area (Å²) in [5.74, 6) is 0.135. The Hall–Kier alpha value is -3.35. The first-order valence-electron chi connectivity index (χ1n) is 10.1. The maximum absolute atomic E-state index is 12.7. The fourth-order valence-corrected chi connectivity index (χ4v) is 3.77. The zero-order valence-electron chi connectivity index (χ0n) is 18.3. The van der Waals surface area contributed by atoms with Gasteiger partial charge in [-0.25, -0.2) is 17.5 Å². The zero-order valence-corrected chi connectivity index (χ0v) is 19.1. The summed E-state index contributed by atoms with van der Waals surface area (Å²) in [5.41, 5.74) is 1.15. The van der Waals surface area contributed by atoms with Gasteiger partial charge < -0.3 is 19.7 Å². The first-order valence-corrected chi connectivity index (χ1v) is 11.6. The molecule has 0 atom stereocenters. The summed E-state index contributed by atoms with van der Waals surface area (Å²) in [6.07, 6.45) is 4.10. The standard InChI is InChI=1S/C21H25N5O6S/c1-26(2)33(29,30)16-7-8-18(23-10-11-27)17(13-16)21(28)31-12-4-6-19-24-20(25-32-19)15-5-3-9-22-14-15/h3,5,7-9,13-14,23,27H,4,6,10-12H2,1-2H3. The molecule has 0 saturated heterocycles. The maximum Gasteiger partial charge on any atom is 0.340 e. The van der Waals surface area contributed by atoms with Crippen molar-refractivity contribution in [3.05, 3.63) is 54.2 Å². The lowest BCUT2D eigenvalue weighted by atomic mass is 10.1. The minimum absolute atomic E-state index is 0.0391. The number of pyridine rings is 1. The van der Waals surface area contributed by atoms with Gasteiger partial charge in [-0.3, -0.25) is 4.98 Å². The molecule has 0 radical (unpaired) electrons. The van der Waals surface area contributed by atoms with Gasteiger partial charge in [-0.1, -0.05) is 5.16 Å². The molecule has 0 aliphatic carbocycles. The summed E-state index contributed by atoms with van der Waals surface area (Å²) >= 11 is 0. The van der Waals surface area contributed by atoms with Crippen molar-refractivity contribution < 1.29 is 27.6 Å². The lowest BCUT2D eigenvalue weighted by Crippen LogP contribution is -2.23. The number of benzene rings is 1. The molecular weight excluding hydrogens is 450 g/mol. The second-order valence-electron chi connectivity index (χ2n) is 7.14. The predicted octanol–water partition coefficient (Wildman–Crippen LogP) is 1.58. The Labute approximate surface area is 191 Å². The molecule has 0 amide bonds. The van der Waals surface area contributed by atoms with Gasteiger partial charge in [-0.15, -0.1) is 0 Å². The molecule has 0 aliphatic rings. The quantitative estimate of drug-likeness (QED) is 0.309. The molecule has 1 aromatic carbocycles. The van der Waals surface area contributed by atoms with Gasteiger partial charge in [-0.05, 0) is 36.8 Å². The van der Waals surface area contributed by atoms with Crippen molar-refractivity contribution in [2.75, 3.05) is 39.2 Å². The average molecular weight is 476 g/mol. The SMILES string of the molecule is CN(C)S(=O)(=O)c1ccc(NCCO)c(C(=O)OCCCc2nc(-c3cccnc3)no2)c1. The van der Waals surface area contributed by atoms with E-state index in [2.05, 4.69) is 20.4 Å². The van der Waals surface area contributed by atoms with Crippen LogP contribution in [0.4, 0.5) is 5.69 Å². The van der Waals surface area contributed by atoms with Crippen LogP contribution < -0.4 is 5.32 Å². The number of carbonyl (C=O) groups is 1. The fourth-order valence-electron chi connectivity index (χ4n) is 2.84. The summed E-state index contributed by atoms with van der Waals surface area (Å²) < 4.78 is 36.5. The first kappa shape index (κ1) is 24.3. The highest BCUT2D eigenvalue weighted by Gasteiger charge is 2.22. The second kappa shape index (κ2) is 11.0. The lowest BCUT2D eigenvalue weighted by molar-refractivity contribution is 0.0499. The molecule has 33 heavy (non-hydrogen) atoms. The Bertz CT molecular complexity index is 1180. The summed E-state index contributed by atoms with van der Waals surface area (Å²) in [5, 5.41) is 15.9. The number of sulfonamides is 1. The minimum Gasteiger partial charge on any atom is -0.462 e. The highest BCUT2D eigenvalue weighted by molar-refractivity contribution is 7.89. The highest BCUT2D eigenvalue weighted by atomic mass is 32.2. The fraction of sp³-hybridized carbons (Fsp3) is 0.333. The van der Waals surface area contributed by atoms with E-state index in [0.717, 1.165) is 9.87 Å². The molecule has 3 aromatic rings. The predicted molar refractivity (Wildman–Crippen MR) is 119 cm³/mol. The number of hydrogen-bond acceptors (Lipinski definition) is 10. The molecule has 176 valence electrons. The van der Waals surface area contributed by atoms with Crippen molar-refractivity contribution in [2.24, 2.45) is 0 Å². The van der Waals surface area contributed by atoms with E-state index in [0.29, 0.717) is 30.2 Å². The van der Waals surface area contributed by atoms with Crippen molar-refractivity contribution >= 4 is 21.7 Å². The summed E-state index contributed by atoms with van der Waals surface area (Å²) in [6, 6.07) is 7.71. The molecule has 0 fully saturated rings. The van der Waals surface area contributed by atoms with E-state index in [1.807, 2.05) is 6.07 Å². The van der Waals surface area contributed by atoms with Crippen LogP contribution in [0.3, 0.4) is 0 Å². The number of aryl methyl sites for hydroxylation is 1. The Morgan fingerprint density at radius 2 is 2.09 bits per heavy atom. The molecule has 3 rings (SSSR count). The zero-order chi connectivity index (χ0) is 23.8. The Morgan fingerprint density at radius 1 is 1.27 bits per heavy atom. The summed E-state index contributed by atoms with van der Waals surface area (Å²) in [7, 11) is -0.925. The van der Waals surface area contributed by atoms with Gasteiger partial charge in [-0.2, -0.15) is 4.98 Å². The van der Waals surface area contributed by atoms with E-state index < -0.39 is 16.0 Å². The third kappa shape index (κ3) is 6.12. The van der Waals surface area contributed by atoms with Gasteiger partial charge in [0.15, 0.2) is 0 Å². The molecule has 12 heteroatoms. The molecule has 0 unspecified atom stereocenters. The number of rotatable bonds is 11. The van der Waals surface area contributed by atoms with E-state index in [-0.39, 0.29) is 30.2 Å². The monoisotopic (exact) mass is 475 g/mol. The van der Waals surface area contributed by atoms with Gasteiger partial charge in [0.05, 0.1) is 23.7 Å². The number of nitrogens with one attached hydrogen (secondary N) is 1. The van der Waals surface area contributed by atoms with E-state index in [4.69, 9.17) is 14.4 Å². The Balaban J connectivity index is 1.63. The van der Waals surface area contributed by atoms with Crippen molar-refractivity contribution in [2.45, 2.75) is 17.7 Å². The Kier molecular flexibility index (Phi) is 8.09. The number of nitrogens with zero attached hydrogens (tertiary/aromatic N) is 4. The number of esters is 1. The van der Waals surface area contributed by atoms with Gasteiger partial charge in [0.2, 0.25) is 21.7 Å². The smallest absolute Gasteiger partial charge is 0.340 e. The van der Waals surface area contributed by atoms with Gasteiger partial charge in [0, 0.05) is 50.7 Å². The van der Waals surface area contributed by atoms with Gasteiger partial charge in [0.25, 0.3) is 0 Å². The van der Waals surface area contributed by atoms with Crippen molar-refractivity contribution in [1.82, 2.24) is 19.4 Å². The third-order valence-corrected chi connectivity index (χ3v) is 6.38. The van der Waals surface area contributed by atoms with Crippen LogP contribution in [0, 0.1) is 0 Å². The number of hydrogen-bond donors (Lipinski definition) is 2. The molecule has 0 saturated carbocycles. The van der Waals surface area contributed by atoms with E-state index in [1.165, 1.54) is 32.3 Å². The van der Waals surface area contributed by atoms with Crippen LogP contribution in [0.5, 0.6) is 0 Å². The molecule has 0 aliphatic heterocycles. The van der Waals surface area contributed by atoms with Crippen molar-refractivity contribution in [3.8, 4) is 11.4 Å². The number of ether oxygens (including phenoxy) is 1. The van der Waals surface area contributed by atoms with Crippen LogP contribution >= 0.6 is 0 Å². The number of anilines is 1. The number of aromatic nitrogens is 3. The van der Waals surface area contributed by atoms with Crippen LogP contribution in [0.2, 0.25) is 0 Å². The van der Waals surface area contributed by atoms with Crippen LogP contribution in [0.25, 0.3) is 11.4 Å². The van der Waals surface area contributed by atoms with Crippen LogP contribution in [0.15, 0.2) is 52.1 Å². The maximum atomic E-state index is 12.7. The summed E-state index contributed by atoms with van der Waals surface area (Å²) in [4.78, 5) is 21.0. The van der Waals surface area contributed by atoms with E-state index in [9.17, 15) is 13.2 Å². The topological polar surface area (TPSA) is 148 Å². The Morgan fingerprint density at radius 3 is 2.79 bits per heavy atom. The number of aliphatic hydroxyl groups is 1. The molecule has 2 N–H and O–H groups in total. The number of carbonyl (C=O) groups excluding carboxylic acids is 1. The molecule has 0 bridgehead atoms. The van der Waals surface area contributed by atoms with Gasteiger partial charge >= 0.3 is 5.97 Å². The molecule has 2 aromatic heterocycles. The second-order valence-corrected chi connectivity index (χ2v) is 9.29. The first-order chi connectivity index (χ1) is 15.8. The van der Waals surface area contributed by atoms with Gasteiger partial charge in [0.1, 0.15) is 0 Å². The number of aliphatic hydroxyl groups excluding tert-OH is 1. The van der Waals surface area contributed by atoms with E-state index >= 15 is 0 Å².